The summed E-state index contributed by atoms with van der Waals surface area (Å²) in [6.45, 7) is 0.320. The molecule has 0 atom stereocenters. The monoisotopic (exact) mass is 293 g/mol. The maximum absolute atomic E-state index is 13.1. The van der Waals surface area contributed by atoms with Crippen molar-refractivity contribution in [1.82, 2.24) is 0 Å². The number of Topliss-reactive ketones (excluding diaryl/α,β-unsaturated/α-hetero) is 1. The van der Waals surface area contributed by atoms with Crippen LogP contribution in [0.15, 0.2) is 42.5 Å². The molecule has 0 bridgehead atoms. The number of rotatable bonds is 5. The lowest BCUT2D eigenvalue weighted by atomic mass is 10.1. The maximum atomic E-state index is 13.1. The fourth-order valence-corrected chi connectivity index (χ4v) is 1.97. The summed E-state index contributed by atoms with van der Waals surface area (Å²) in [6, 6.07) is 8.71. The second-order valence-corrected chi connectivity index (χ2v) is 4.73. The third-order valence-electron chi connectivity index (χ3n) is 3.11. The van der Waals surface area contributed by atoms with Crippen LogP contribution in [0.25, 0.3) is 0 Å². The van der Waals surface area contributed by atoms with Crippen LogP contribution in [0.3, 0.4) is 0 Å². The van der Waals surface area contributed by atoms with Crippen molar-refractivity contribution in [3.05, 3.63) is 65.5 Å². The Labute approximate surface area is 120 Å². The largest absolute Gasteiger partial charge is 0.374 e. The molecular formula is C16H14F3NO. The van der Waals surface area contributed by atoms with E-state index in [1.165, 1.54) is 12.1 Å². The van der Waals surface area contributed by atoms with Gasteiger partial charge in [0.25, 0.3) is 0 Å². The van der Waals surface area contributed by atoms with Gasteiger partial charge in [0.05, 0.1) is 0 Å². The van der Waals surface area contributed by atoms with Crippen molar-refractivity contribution in [2.45, 2.75) is 6.42 Å². The Bertz CT molecular complexity index is 637. The highest BCUT2D eigenvalue weighted by atomic mass is 19.1. The van der Waals surface area contributed by atoms with Crippen molar-refractivity contribution in [2.24, 2.45) is 0 Å². The van der Waals surface area contributed by atoms with E-state index in [2.05, 4.69) is 0 Å². The average molecular weight is 293 g/mol. The molecule has 0 amide bonds. The van der Waals surface area contributed by atoms with Crippen molar-refractivity contribution < 1.29 is 18.0 Å². The third kappa shape index (κ3) is 4.08. The van der Waals surface area contributed by atoms with E-state index in [0.717, 1.165) is 18.2 Å². The normalized spacial score (nSPS) is 10.5. The van der Waals surface area contributed by atoms with Crippen LogP contribution in [-0.2, 0) is 0 Å². The van der Waals surface area contributed by atoms with Gasteiger partial charge in [-0.25, -0.2) is 13.2 Å². The lowest BCUT2D eigenvalue weighted by Gasteiger charge is -2.18. The minimum Gasteiger partial charge on any atom is -0.374 e. The molecule has 2 aromatic carbocycles. The van der Waals surface area contributed by atoms with E-state index in [4.69, 9.17) is 0 Å². The summed E-state index contributed by atoms with van der Waals surface area (Å²) in [4.78, 5) is 13.6. The van der Waals surface area contributed by atoms with Crippen molar-refractivity contribution in [3.8, 4) is 0 Å². The van der Waals surface area contributed by atoms with E-state index < -0.39 is 11.6 Å². The molecule has 2 nitrogen and oxygen atoms in total. The van der Waals surface area contributed by atoms with Crippen molar-refractivity contribution in [2.75, 3.05) is 18.5 Å². The van der Waals surface area contributed by atoms with Gasteiger partial charge in [0.2, 0.25) is 0 Å². The van der Waals surface area contributed by atoms with Crippen LogP contribution in [0.4, 0.5) is 18.9 Å². The number of hydrogen-bond acceptors (Lipinski definition) is 2. The Balaban J connectivity index is 2.00. The molecule has 0 fully saturated rings. The molecule has 2 aromatic rings. The predicted octanol–water partition coefficient (Wildman–Crippen LogP) is 3.81. The van der Waals surface area contributed by atoms with Gasteiger partial charge in [-0.1, -0.05) is 6.07 Å². The number of nitrogens with zero attached hydrogens (tertiary/aromatic N) is 1. The molecule has 0 saturated heterocycles. The molecule has 0 aliphatic rings. The van der Waals surface area contributed by atoms with Crippen LogP contribution in [0.1, 0.15) is 16.8 Å². The minimum absolute atomic E-state index is 0.000132. The number of carbonyl (C=O) groups excluding carboxylic acids is 1. The molecule has 0 heterocycles. The van der Waals surface area contributed by atoms with Gasteiger partial charge in [-0.05, 0) is 30.3 Å². The van der Waals surface area contributed by atoms with Gasteiger partial charge < -0.3 is 4.90 Å². The predicted molar refractivity (Wildman–Crippen MR) is 75.0 cm³/mol. The van der Waals surface area contributed by atoms with Gasteiger partial charge in [0, 0.05) is 37.3 Å². The van der Waals surface area contributed by atoms with Crippen LogP contribution < -0.4 is 4.90 Å². The molecule has 0 aliphatic heterocycles. The summed E-state index contributed by atoms with van der Waals surface area (Å²) in [5, 5.41) is 0. The van der Waals surface area contributed by atoms with Gasteiger partial charge in [-0.15, -0.1) is 0 Å². The second kappa shape index (κ2) is 6.43. The Morgan fingerprint density at radius 2 is 1.67 bits per heavy atom. The van der Waals surface area contributed by atoms with E-state index >= 15 is 0 Å². The van der Waals surface area contributed by atoms with Crippen LogP contribution >= 0.6 is 0 Å². The number of anilines is 1. The number of ketones is 1. The molecule has 0 unspecified atom stereocenters. The van der Waals surface area contributed by atoms with E-state index in [1.54, 1.807) is 24.1 Å². The second-order valence-electron chi connectivity index (χ2n) is 4.73. The maximum Gasteiger partial charge on any atom is 0.164 e. The third-order valence-corrected chi connectivity index (χ3v) is 3.11. The average Bonchev–Trinajstić information content (AvgIpc) is 2.43. The summed E-state index contributed by atoms with van der Waals surface area (Å²) in [7, 11) is 1.72. The molecular weight excluding hydrogens is 279 g/mol. The van der Waals surface area contributed by atoms with Crippen LogP contribution in [-0.4, -0.2) is 19.4 Å². The fourth-order valence-electron chi connectivity index (χ4n) is 1.97. The summed E-state index contributed by atoms with van der Waals surface area (Å²) >= 11 is 0. The first-order valence-electron chi connectivity index (χ1n) is 6.42. The highest BCUT2D eigenvalue weighted by molar-refractivity contribution is 5.96. The SMILES string of the molecule is CN(CCC(=O)c1cc(F)cc(F)c1)c1cccc(F)c1. The van der Waals surface area contributed by atoms with Crippen LogP contribution in [0, 0.1) is 17.5 Å². The Morgan fingerprint density at radius 1 is 1.00 bits per heavy atom. The molecule has 110 valence electrons. The minimum atomic E-state index is -0.781. The Kier molecular flexibility index (Phi) is 4.62. The Hall–Kier alpha value is -2.30. The smallest absolute Gasteiger partial charge is 0.164 e. The van der Waals surface area contributed by atoms with Crippen LogP contribution in [0.5, 0.6) is 0 Å². The Morgan fingerprint density at radius 3 is 2.29 bits per heavy atom. The molecule has 0 N–H and O–H groups in total. The molecule has 0 aliphatic carbocycles. The molecule has 21 heavy (non-hydrogen) atoms. The summed E-state index contributed by atoms with van der Waals surface area (Å²) in [5.41, 5.74) is 0.633. The first kappa shape index (κ1) is 15.1. The molecule has 0 radical (unpaired) electrons. The van der Waals surface area contributed by atoms with E-state index in [-0.39, 0.29) is 23.6 Å². The number of benzene rings is 2. The van der Waals surface area contributed by atoms with Gasteiger partial charge in [0.15, 0.2) is 5.78 Å². The summed E-state index contributed by atoms with van der Waals surface area (Å²) in [6.07, 6.45) is 0.0793. The lowest BCUT2D eigenvalue weighted by Crippen LogP contribution is -2.21. The number of carbonyl (C=O) groups is 1. The quantitative estimate of drug-likeness (QED) is 0.781. The van der Waals surface area contributed by atoms with E-state index in [0.29, 0.717) is 12.2 Å². The van der Waals surface area contributed by atoms with E-state index in [1.807, 2.05) is 0 Å². The van der Waals surface area contributed by atoms with E-state index in [9.17, 15) is 18.0 Å². The van der Waals surface area contributed by atoms with Crippen molar-refractivity contribution >= 4 is 11.5 Å². The van der Waals surface area contributed by atoms with Gasteiger partial charge in [-0.2, -0.15) is 0 Å². The molecule has 5 heteroatoms. The molecule has 2 rings (SSSR count). The zero-order valence-electron chi connectivity index (χ0n) is 11.4. The fraction of sp³-hybridized carbons (Fsp3) is 0.188. The molecule has 0 saturated carbocycles. The summed E-state index contributed by atoms with van der Waals surface area (Å²) < 4.78 is 39.2. The van der Waals surface area contributed by atoms with Crippen molar-refractivity contribution in [3.63, 3.8) is 0 Å². The first-order valence-corrected chi connectivity index (χ1v) is 6.42. The topological polar surface area (TPSA) is 20.3 Å². The zero-order chi connectivity index (χ0) is 15.4. The zero-order valence-corrected chi connectivity index (χ0v) is 11.4. The highest BCUT2D eigenvalue weighted by Crippen LogP contribution is 2.15. The van der Waals surface area contributed by atoms with Gasteiger partial charge >= 0.3 is 0 Å². The first-order chi connectivity index (χ1) is 9.95. The molecule has 0 aromatic heterocycles. The highest BCUT2D eigenvalue weighted by Gasteiger charge is 2.11. The molecule has 0 spiro atoms. The van der Waals surface area contributed by atoms with Crippen LogP contribution in [0.2, 0.25) is 0 Å². The lowest BCUT2D eigenvalue weighted by molar-refractivity contribution is 0.0984. The number of halogens is 3. The van der Waals surface area contributed by atoms with Gasteiger partial charge in [0.1, 0.15) is 17.5 Å². The number of hydrogen-bond donors (Lipinski definition) is 0. The van der Waals surface area contributed by atoms with Gasteiger partial charge in [-0.3, -0.25) is 4.79 Å². The summed E-state index contributed by atoms with van der Waals surface area (Å²) in [5.74, 6) is -2.29. The standard InChI is InChI=1S/C16H14F3NO/c1-20(15-4-2-3-12(17)10-15)6-5-16(21)11-7-13(18)9-14(19)8-11/h2-4,7-10H,5-6H2,1H3. The van der Waals surface area contributed by atoms with Crippen molar-refractivity contribution in [1.29, 1.82) is 0 Å².